The molecule has 0 bridgehead atoms. The summed E-state index contributed by atoms with van der Waals surface area (Å²) in [5.41, 5.74) is 1.74. The van der Waals surface area contributed by atoms with Crippen LogP contribution in [0.4, 0.5) is 0 Å². The molecular formula is C29H41NO5. The lowest BCUT2D eigenvalue weighted by Crippen LogP contribution is -2.38. The Morgan fingerprint density at radius 3 is 2.51 bits per heavy atom. The van der Waals surface area contributed by atoms with Crippen LogP contribution in [0.15, 0.2) is 48.5 Å². The van der Waals surface area contributed by atoms with Crippen LogP contribution < -0.4 is 9.47 Å². The lowest BCUT2D eigenvalue weighted by molar-refractivity contribution is -0.136. The fourth-order valence-corrected chi connectivity index (χ4v) is 4.53. The van der Waals surface area contributed by atoms with Crippen molar-refractivity contribution in [1.82, 2.24) is 4.90 Å². The molecule has 1 heterocycles. The quantitative estimate of drug-likeness (QED) is 0.513. The lowest BCUT2D eigenvalue weighted by Gasteiger charge is -2.34. The number of benzene rings is 2. The van der Waals surface area contributed by atoms with Gasteiger partial charge in [-0.15, -0.1) is 0 Å². The van der Waals surface area contributed by atoms with Crippen molar-refractivity contribution in [3.05, 3.63) is 59.7 Å². The summed E-state index contributed by atoms with van der Waals surface area (Å²) >= 11 is 0. The summed E-state index contributed by atoms with van der Waals surface area (Å²) in [4.78, 5) is 14.8. The number of amides is 1. The molecule has 1 amide bonds. The SMILES string of the molecule is COc1ccc([C@@H]2CN(C(=O)COCc3ccccc3)C[C@@]2(C)[C@@H](C)O)cc1OCCC(C)(C)C. The number of hydrogen-bond donors (Lipinski definition) is 1. The molecule has 3 atom stereocenters. The van der Waals surface area contributed by atoms with Gasteiger partial charge in [0.1, 0.15) is 6.61 Å². The summed E-state index contributed by atoms with van der Waals surface area (Å²) in [6.45, 7) is 12.4. The Morgan fingerprint density at radius 1 is 1.17 bits per heavy atom. The molecule has 0 spiro atoms. The van der Waals surface area contributed by atoms with Gasteiger partial charge in [0.05, 0.1) is 26.4 Å². The van der Waals surface area contributed by atoms with Gasteiger partial charge in [-0.1, -0.05) is 64.1 Å². The van der Waals surface area contributed by atoms with Crippen LogP contribution in [0.3, 0.4) is 0 Å². The first kappa shape index (κ1) is 27.0. The van der Waals surface area contributed by atoms with Crippen LogP contribution in [0.2, 0.25) is 0 Å². The molecule has 192 valence electrons. The van der Waals surface area contributed by atoms with Crippen molar-refractivity contribution >= 4 is 5.91 Å². The Bertz CT molecular complexity index is 969. The first-order chi connectivity index (χ1) is 16.5. The zero-order valence-corrected chi connectivity index (χ0v) is 22.0. The molecule has 2 aromatic carbocycles. The number of ether oxygens (including phenoxy) is 3. The van der Waals surface area contributed by atoms with Crippen molar-refractivity contribution in [2.24, 2.45) is 10.8 Å². The molecule has 0 saturated carbocycles. The molecule has 1 fully saturated rings. The summed E-state index contributed by atoms with van der Waals surface area (Å²) in [7, 11) is 1.64. The van der Waals surface area contributed by atoms with Gasteiger partial charge in [0.2, 0.25) is 5.91 Å². The molecule has 3 rings (SSSR count). The Hall–Kier alpha value is -2.57. The van der Waals surface area contributed by atoms with Crippen molar-refractivity contribution in [3.63, 3.8) is 0 Å². The van der Waals surface area contributed by atoms with E-state index in [9.17, 15) is 9.90 Å². The number of likely N-dealkylation sites (tertiary alicyclic amines) is 1. The highest BCUT2D eigenvalue weighted by Crippen LogP contribution is 2.47. The molecule has 2 aromatic rings. The Kier molecular flexibility index (Phi) is 8.84. The van der Waals surface area contributed by atoms with Gasteiger partial charge >= 0.3 is 0 Å². The van der Waals surface area contributed by atoms with Crippen LogP contribution in [0, 0.1) is 10.8 Å². The number of hydrogen-bond acceptors (Lipinski definition) is 5. The zero-order chi connectivity index (χ0) is 25.6. The van der Waals surface area contributed by atoms with Gasteiger partial charge in [-0.2, -0.15) is 0 Å². The third-order valence-electron chi connectivity index (χ3n) is 7.07. The Balaban J connectivity index is 1.73. The van der Waals surface area contributed by atoms with Gasteiger partial charge in [0, 0.05) is 24.4 Å². The van der Waals surface area contributed by atoms with Gasteiger partial charge in [-0.3, -0.25) is 4.79 Å². The summed E-state index contributed by atoms with van der Waals surface area (Å²) < 4.78 is 17.3. The average Bonchev–Trinajstić information content (AvgIpc) is 3.18. The molecule has 1 aliphatic rings. The molecule has 0 radical (unpaired) electrons. The highest BCUT2D eigenvalue weighted by Gasteiger charge is 2.48. The second-order valence-electron chi connectivity index (χ2n) is 11.1. The van der Waals surface area contributed by atoms with Gasteiger partial charge in [0.25, 0.3) is 0 Å². The van der Waals surface area contributed by atoms with Crippen LogP contribution in [0.1, 0.15) is 58.1 Å². The van der Waals surface area contributed by atoms with Gasteiger partial charge in [0.15, 0.2) is 11.5 Å². The Morgan fingerprint density at radius 2 is 1.89 bits per heavy atom. The molecule has 1 N–H and O–H groups in total. The van der Waals surface area contributed by atoms with E-state index in [1.807, 2.05) is 60.4 Å². The maximum atomic E-state index is 13.0. The minimum atomic E-state index is -0.595. The van der Waals surface area contributed by atoms with Crippen LogP contribution in [0.5, 0.6) is 11.5 Å². The number of aliphatic hydroxyl groups is 1. The first-order valence-corrected chi connectivity index (χ1v) is 12.4. The van der Waals surface area contributed by atoms with E-state index < -0.39 is 11.5 Å². The largest absolute Gasteiger partial charge is 0.493 e. The average molecular weight is 484 g/mol. The molecule has 1 aliphatic heterocycles. The number of nitrogens with zero attached hydrogens (tertiary/aromatic N) is 1. The van der Waals surface area contributed by atoms with E-state index in [1.165, 1.54) is 0 Å². The molecule has 35 heavy (non-hydrogen) atoms. The molecule has 1 saturated heterocycles. The lowest BCUT2D eigenvalue weighted by atomic mass is 9.72. The van der Waals surface area contributed by atoms with Crippen molar-refractivity contribution < 1.29 is 24.1 Å². The predicted octanol–water partition coefficient (Wildman–Crippen LogP) is 5.04. The molecule has 0 unspecified atom stereocenters. The fourth-order valence-electron chi connectivity index (χ4n) is 4.53. The maximum Gasteiger partial charge on any atom is 0.248 e. The van der Waals surface area contributed by atoms with E-state index in [2.05, 4.69) is 20.8 Å². The molecule has 0 aliphatic carbocycles. The standard InChI is InChI=1S/C29H41NO5/c1-21(31)29(5)20-30(27(32)19-34-18-22-10-8-7-9-11-22)17-24(29)23-12-13-25(33-6)26(16-23)35-15-14-28(2,3)4/h7-13,16,21,24,31H,14-15,17-20H2,1-6H3/t21-,24+,29+/m1/s1. The highest BCUT2D eigenvalue weighted by molar-refractivity contribution is 5.78. The maximum absolute atomic E-state index is 13.0. The van der Waals surface area contributed by atoms with E-state index in [1.54, 1.807) is 14.0 Å². The number of carbonyl (C=O) groups excluding carboxylic acids is 1. The normalized spacial score (nSPS) is 21.1. The monoisotopic (exact) mass is 483 g/mol. The fraction of sp³-hybridized carbons (Fsp3) is 0.552. The minimum Gasteiger partial charge on any atom is -0.493 e. The molecule has 6 heteroatoms. The topological polar surface area (TPSA) is 68.2 Å². The van der Waals surface area contributed by atoms with Gasteiger partial charge in [-0.05, 0) is 42.0 Å². The number of aliphatic hydroxyl groups excluding tert-OH is 1. The van der Waals surface area contributed by atoms with Crippen molar-refractivity contribution in [2.75, 3.05) is 33.4 Å². The van der Waals surface area contributed by atoms with Crippen LogP contribution in [0.25, 0.3) is 0 Å². The second kappa shape index (κ2) is 11.4. The number of rotatable bonds is 10. The van der Waals surface area contributed by atoms with Gasteiger partial charge in [-0.25, -0.2) is 0 Å². The molecule has 6 nitrogen and oxygen atoms in total. The highest BCUT2D eigenvalue weighted by atomic mass is 16.5. The summed E-state index contributed by atoms with van der Waals surface area (Å²) in [5.74, 6) is 1.27. The van der Waals surface area contributed by atoms with E-state index in [0.29, 0.717) is 37.8 Å². The van der Waals surface area contributed by atoms with E-state index in [-0.39, 0.29) is 23.8 Å². The zero-order valence-electron chi connectivity index (χ0n) is 22.0. The summed E-state index contributed by atoms with van der Waals surface area (Å²) in [6.07, 6.45) is 0.323. The first-order valence-electron chi connectivity index (χ1n) is 12.4. The predicted molar refractivity (Wildman–Crippen MR) is 138 cm³/mol. The smallest absolute Gasteiger partial charge is 0.248 e. The van der Waals surface area contributed by atoms with Gasteiger partial charge < -0.3 is 24.2 Å². The number of methoxy groups -OCH3 is 1. The third kappa shape index (κ3) is 6.98. The summed E-state index contributed by atoms with van der Waals surface area (Å²) in [6, 6.07) is 15.8. The molecule has 0 aromatic heterocycles. The van der Waals surface area contributed by atoms with Crippen LogP contribution in [-0.2, 0) is 16.1 Å². The summed E-state index contributed by atoms with van der Waals surface area (Å²) in [5, 5.41) is 10.7. The van der Waals surface area contributed by atoms with E-state index >= 15 is 0 Å². The van der Waals surface area contributed by atoms with Crippen LogP contribution in [-0.4, -0.2) is 55.4 Å². The third-order valence-corrected chi connectivity index (χ3v) is 7.07. The second-order valence-corrected chi connectivity index (χ2v) is 11.1. The molecular weight excluding hydrogens is 442 g/mol. The number of carbonyl (C=O) groups is 1. The van der Waals surface area contributed by atoms with Crippen LogP contribution >= 0.6 is 0 Å². The van der Waals surface area contributed by atoms with Crippen molar-refractivity contribution in [3.8, 4) is 11.5 Å². The van der Waals surface area contributed by atoms with Crippen molar-refractivity contribution in [2.45, 2.75) is 59.7 Å². The van der Waals surface area contributed by atoms with E-state index in [4.69, 9.17) is 14.2 Å². The minimum absolute atomic E-state index is 0.0152. The van der Waals surface area contributed by atoms with Crippen molar-refractivity contribution in [1.29, 1.82) is 0 Å². The van der Waals surface area contributed by atoms with E-state index in [0.717, 1.165) is 17.5 Å². The Labute approximate surface area is 210 Å².